The maximum atomic E-state index is 9.13. The van der Waals surface area contributed by atoms with Crippen LogP contribution in [0.15, 0.2) is 18.2 Å². The minimum atomic E-state index is -0.122. The van der Waals surface area contributed by atoms with Gasteiger partial charge in [-0.1, -0.05) is 6.07 Å². The highest BCUT2D eigenvalue weighted by atomic mass is 32.1. The molecule has 1 aliphatic rings. The first-order chi connectivity index (χ1) is 8.65. The first-order valence-corrected chi connectivity index (χ1v) is 6.29. The van der Waals surface area contributed by atoms with E-state index in [2.05, 4.69) is 22.5 Å². The van der Waals surface area contributed by atoms with Crippen molar-refractivity contribution in [2.24, 2.45) is 0 Å². The number of nitriles is 1. The van der Waals surface area contributed by atoms with Gasteiger partial charge in [-0.25, -0.2) is 0 Å². The number of rotatable bonds is 1. The molecule has 0 bridgehead atoms. The summed E-state index contributed by atoms with van der Waals surface area (Å²) in [7, 11) is 0. The minimum Gasteiger partial charge on any atom is -0.379 e. The highest BCUT2D eigenvalue weighted by Gasteiger charge is 2.33. The van der Waals surface area contributed by atoms with Gasteiger partial charge in [0.15, 0.2) is 4.77 Å². The van der Waals surface area contributed by atoms with Crippen LogP contribution in [0.3, 0.4) is 0 Å². The van der Waals surface area contributed by atoms with E-state index >= 15 is 0 Å². The Hall–Kier alpha value is -1.64. The van der Waals surface area contributed by atoms with Gasteiger partial charge in [0.1, 0.15) is 6.07 Å². The van der Waals surface area contributed by atoms with E-state index in [4.69, 9.17) is 22.2 Å². The van der Waals surface area contributed by atoms with Gasteiger partial charge in [0.05, 0.1) is 28.7 Å². The maximum Gasteiger partial charge on any atom is 0.178 e. The highest BCUT2D eigenvalue weighted by Crippen LogP contribution is 2.31. The van der Waals surface area contributed by atoms with E-state index in [9.17, 15) is 0 Å². The monoisotopic (exact) mass is 259 g/mol. The quantitative estimate of drug-likeness (QED) is 0.801. The Morgan fingerprint density at radius 2 is 2.39 bits per heavy atom. The lowest BCUT2D eigenvalue weighted by Crippen LogP contribution is -2.30. The summed E-state index contributed by atoms with van der Waals surface area (Å²) in [5.74, 6) is 0. The van der Waals surface area contributed by atoms with E-state index in [-0.39, 0.29) is 5.54 Å². The van der Waals surface area contributed by atoms with Crippen molar-refractivity contribution in [3.63, 3.8) is 0 Å². The molecule has 1 N–H and O–H groups in total. The molecule has 1 aliphatic heterocycles. The largest absolute Gasteiger partial charge is 0.379 e. The topological polar surface area (TPSA) is 53.7 Å². The molecule has 5 heteroatoms. The molecule has 1 fully saturated rings. The molecule has 1 aromatic heterocycles. The fraction of sp³-hybridized carbons (Fsp3) is 0.385. The van der Waals surface area contributed by atoms with E-state index < -0.39 is 0 Å². The molecule has 0 spiro atoms. The second kappa shape index (κ2) is 3.94. The number of H-pyrrole nitrogens is 1. The first kappa shape index (κ1) is 11.5. The Kier molecular flexibility index (Phi) is 2.51. The minimum absolute atomic E-state index is 0.122. The molecule has 0 saturated carbocycles. The van der Waals surface area contributed by atoms with Gasteiger partial charge in [-0.15, -0.1) is 0 Å². The molecule has 3 rings (SSSR count). The van der Waals surface area contributed by atoms with E-state index in [0.29, 0.717) is 16.9 Å². The summed E-state index contributed by atoms with van der Waals surface area (Å²) in [6, 6.07) is 7.87. The zero-order valence-corrected chi connectivity index (χ0v) is 10.9. The third-order valence-corrected chi connectivity index (χ3v) is 3.86. The molecule has 18 heavy (non-hydrogen) atoms. The predicted octanol–water partition coefficient (Wildman–Crippen LogP) is 2.71. The number of hydrogen-bond acceptors (Lipinski definition) is 3. The summed E-state index contributed by atoms with van der Waals surface area (Å²) < 4.78 is 8.24. The van der Waals surface area contributed by atoms with Crippen LogP contribution in [-0.4, -0.2) is 22.8 Å². The van der Waals surface area contributed by atoms with Crippen LogP contribution in [0.25, 0.3) is 11.0 Å². The van der Waals surface area contributed by atoms with Crippen molar-refractivity contribution >= 4 is 23.3 Å². The molecule has 4 nitrogen and oxygen atoms in total. The van der Waals surface area contributed by atoms with Gasteiger partial charge in [0.2, 0.25) is 0 Å². The lowest BCUT2D eigenvalue weighted by Gasteiger charge is -2.24. The Morgan fingerprint density at radius 1 is 1.56 bits per heavy atom. The van der Waals surface area contributed by atoms with Crippen LogP contribution in [0, 0.1) is 16.1 Å². The average Bonchev–Trinajstić information content (AvgIpc) is 2.92. The van der Waals surface area contributed by atoms with Crippen LogP contribution in [0.2, 0.25) is 0 Å². The summed E-state index contributed by atoms with van der Waals surface area (Å²) in [4.78, 5) is 3.15. The lowest BCUT2D eigenvalue weighted by molar-refractivity contribution is 0.162. The van der Waals surface area contributed by atoms with Crippen LogP contribution in [0.5, 0.6) is 0 Å². The van der Waals surface area contributed by atoms with Crippen molar-refractivity contribution < 1.29 is 4.74 Å². The SMILES string of the molecule is CC1(n2c(=S)[nH]c3c(C#N)cccc32)CCOC1. The van der Waals surface area contributed by atoms with Gasteiger partial charge in [0, 0.05) is 6.61 Å². The third kappa shape index (κ3) is 1.50. The van der Waals surface area contributed by atoms with Gasteiger partial charge < -0.3 is 14.3 Å². The van der Waals surface area contributed by atoms with Crippen molar-refractivity contribution in [3.05, 3.63) is 28.5 Å². The predicted molar refractivity (Wildman–Crippen MR) is 70.9 cm³/mol. The normalized spacial score (nSPS) is 23.3. The zero-order valence-electron chi connectivity index (χ0n) is 10.1. The molecular formula is C13H13N3OS. The fourth-order valence-electron chi connectivity index (χ4n) is 2.59. The van der Waals surface area contributed by atoms with Crippen molar-refractivity contribution in [1.29, 1.82) is 5.26 Å². The molecule has 0 radical (unpaired) electrons. The van der Waals surface area contributed by atoms with Crippen molar-refractivity contribution in [2.45, 2.75) is 18.9 Å². The molecule has 0 amide bonds. The van der Waals surface area contributed by atoms with Crippen LogP contribution in [-0.2, 0) is 10.3 Å². The number of benzene rings is 1. The third-order valence-electron chi connectivity index (χ3n) is 3.58. The Labute approximate surface area is 110 Å². The van der Waals surface area contributed by atoms with E-state index in [1.807, 2.05) is 12.1 Å². The molecular weight excluding hydrogens is 246 g/mol. The summed E-state index contributed by atoms with van der Waals surface area (Å²) in [6.45, 7) is 3.55. The summed E-state index contributed by atoms with van der Waals surface area (Å²) in [5, 5.41) is 9.13. The maximum absolute atomic E-state index is 9.13. The van der Waals surface area contributed by atoms with Gasteiger partial charge >= 0.3 is 0 Å². The number of para-hydroxylation sites is 1. The second-order valence-electron chi connectivity index (χ2n) is 4.88. The molecule has 2 aromatic rings. The van der Waals surface area contributed by atoms with Crippen molar-refractivity contribution in [1.82, 2.24) is 9.55 Å². The summed E-state index contributed by atoms with van der Waals surface area (Å²) in [6.07, 6.45) is 0.936. The second-order valence-corrected chi connectivity index (χ2v) is 5.26. The smallest absolute Gasteiger partial charge is 0.178 e. The number of nitrogens with one attached hydrogen (secondary N) is 1. The van der Waals surface area contributed by atoms with Gasteiger partial charge in [-0.05, 0) is 37.7 Å². The molecule has 0 aliphatic carbocycles. The Bertz CT molecular complexity index is 701. The number of nitrogens with zero attached hydrogens (tertiary/aromatic N) is 2. The molecule has 1 unspecified atom stereocenters. The summed E-state index contributed by atoms with van der Waals surface area (Å²) >= 11 is 5.41. The van der Waals surface area contributed by atoms with Crippen LogP contribution < -0.4 is 0 Å². The number of imidazole rings is 1. The molecule has 1 saturated heterocycles. The number of hydrogen-bond donors (Lipinski definition) is 1. The number of aromatic amines is 1. The van der Waals surface area contributed by atoms with E-state index in [0.717, 1.165) is 24.1 Å². The summed E-state index contributed by atoms with van der Waals surface area (Å²) in [5.41, 5.74) is 2.30. The standard InChI is InChI=1S/C13H13N3OS/c1-13(5-6-17-8-13)16-10-4-2-3-9(7-14)11(10)15-12(16)18/h2-4H,5-6,8H2,1H3,(H,15,18). The molecule has 1 aromatic carbocycles. The molecule has 92 valence electrons. The Balaban J connectivity index is 2.34. The number of fused-ring (bicyclic) bond motifs is 1. The van der Waals surface area contributed by atoms with Crippen LogP contribution >= 0.6 is 12.2 Å². The zero-order chi connectivity index (χ0) is 12.8. The highest BCUT2D eigenvalue weighted by molar-refractivity contribution is 7.71. The number of ether oxygens (including phenoxy) is 1. The van der Waals surface area contributed by atoms with Gasteiger partial charge in [-0.3, -0.25) is 0 Å². The van der Waals surface area contributed by atoms with E-state index in [1.54, 1.807) is 6.07 Å². The molecule has 1 atom stereocenters. The van der Waals surface area contributed by atoms with E-state index in [1.165, 1.54) is 0 Å². The lowest BCUT2D eigenvalue weighted by atomic mass is 10.0. The van der Waals surface area contributed by atoms with Crippen LogP contribution in [0.1, 0.15) is 18.9 Å². The van der Waals surface area contributed by atoms with Gasteiger partial charge in [-0.2, -0.15) is 5.26 Å². The number of aromatic nitrogens is 2. The fourth-order valence-corrected chi connectivity index (χ4v) is 3.01. The molecule has 2 heterocycles. The van der Waals surface area contributed by atoms with Crippen molar-refractivity contribution in [3.8, 4) is 6.07 Å². The van der Waals surface area contributed by atoms with Crippen molar-refractivity contribution in [2.75, 3.05) is 13.2 Å². The van der Waals surface area contributed by atoms with Gasteiger partial charge in [0.25, 0.3) is 0 Å². The first-order valence-electron chi connectivity index (χ1n) is 5.88. The Morgan fingerprint density at radius 3 is 3.06 bits per heavy atom. The average molecular weight is 259 g/mol. The van der Waals surface area contributed by atoms with Crippen LogP contribution in [0.4, 0.5) is 0 Å².